The summed E-state index contributed by atoms with van der Waals surface area (Å²) in [5.74, 6) is -0.263. The maximum absolute atomic E-state index is 12.4. The third kappa shape index (κ3) is 3.05. The molecule has 3 aromatic rings. The summed E-state index contributed by atoms with van der Waals surface area (Å²) in [6.07, 6.45) is 2.12. The van der Waals surface area contributed by atoms with Gasteiger partial charge in [0, 0.05) is 29.5 Å². The third-order valence-corrected chi connectivity index (χ3v) is 4.53. The first-order valence-corrected chi connectivity index (χ1v) is 8.25. The van der Waals surface area contributed by atoms with Gasteiger partial charge in [0.2, 0.25) is 5.91 Å². The van der Waals surface area contributed by atoms with Gasteiger partial charge in [0.15, 0.2) is 0 Å². The lowest BCUT2D eigenvalue weighted by atomic mass is 9.99. The molecule has 25 heavy (non-hydrogen) atoms. The Morgan fingerprint density at radius 2 is 1.92 bits per heavy atom. The molecule has 0 saturated carbocycles. The lowest BCUT2D eigenvalue weighted by Crippen LogP contribution is -2.29. The monoisotopic (exact) mass is 343 g/mol. The fourth-order valence-electron chi connectivity index (χ4n) is 3.05. The third-order valence-electron chi connectivity index (χ3n) is 4.53. The van der Waals surface area contributed by atoms with Crippen LogP contribution in [0.1, 0.15) is 28.7 Å². The molecule has 2 aromatic heterocycles. The number of aryl methyl sites for hydroxylation is 3. The number of hydrogen-bond donors (Lipinski definition) is 2. The van der Waals surface area contributed by atoms with E-state index in [4.69, 9.17) is 13.9 Å². The van der Waals surface area contributed by atoms with E-state index < -0.39 is 5.63 Å². The molecule has 0 spiro atoms. The summed E-state index contributed by atoms with van der Waals surface area (Å²) in [4.78, 5) is 24.4. The van der Waals surface area contributed by atoms with E-state index >= 15 is 0 Å². The topological polar surface area (TPSA) is 92.7 Å². The molecule has 3 rings (SSSR count). The first-order valence-electron chi connectivity index (χ1n) is 8.25. The first kappa shape index (κ1) is 17.2. The van der Waals surface area contributed by atoms with Crippen molar-refractivity contribution in [3.63, 3.8) is 0 Å². The molecule has 0 atom stereocenters. The van der Waals surface area contributed by atoms with Gasteiger partial charge in [-0.05, 0) is 44.4 Å². The number of nitrogens with one attached hydrogen (secondary N) is 1. The van der Waals surface area contributed by atoms with Crippen LogP contribution in [0.25, 0.3) is 21.9 Å². The van der Waals surface area contributed by atoms with E-state index in [1.54, 1.807) is 6.26 Å². The number of aliphatic hydroxyl groups is 1. The highest BCUT2D eigenvalue weighted by atomic mass is 16.4. The maximum atomic E-state index is 12.4. The number of aliphatic hydroxyl groups excluding tert-OH is 1. The van der Waals surface area contributed by atoms with Crippen LogP contribution in [0.2, 0.25) is 0 Å². The van der Waals surface area contributed by atoms with Crippen LogP contribution < -0.4 is 10.9 Å². The van der Waals surface area contributed by atoms with E-state index in [1.807, 2.05) is 26.8 Å². The number of amides is 1. The lowest BCUT2D eigenvalue weighted by molar-refractivity contribution is -0.120. The van der Waals surface area contributed by atoms with Crippen LogP contribution in [0.15, 0.2) is 26.0 Å². The van der Waals surface area contributed by atoms with E-state index in [2.05, 4.69) is 5.32 Å². The molecule has 0 aliphatic carbocycles. The zero-order valence-corrected chi connectivity index (χ0v) is 14.6. The predicted molar refractivity (Wildman–Crippen MR) is 94.9 cm³/mol. The highest BCUT2D eigenvalue weighted by Gasteiger charge is 2.18. The van der Waals surface area contributed by atoms with Gasteiger partial charge in [-0.1, -0.05) is 0 Å². The summed E-state index contributed by atoms with van der Waals surface area (Å²) in [5.41, 5.74) is 3.58. The SMILES string of the molecule is Cc1coc2c(C)c3oc(=O)c(CC(=O)NCCCO)c(C)c3cc12. The highest BCUT2D eigenvalue weighted by molar-refractivity contribution is 6.00. The van der Waals surface area contributed by atoms with Gasteiger partial charge in [-0.2, -0.15) is 0 Å². The second-order valence-corrected chi connectivity index (χ2v) is 6.27. The minimum absolute atomic E-state index is 0.0107. The van der Waals surface area contributed by atoms with E-state index in [0.717, 1.165) is 27.5 Å². The van der Waals surface area contributed by atoms with Crippen LogP contribution in [0.4, 0.5) is 0 Å². The average molecular weight is 343 g/mol. The van der Waals surface area contributed by atoms with E-state index in [1.165, 1.54) is 0 Å². The Balaban J connectivity index is 2.08. The molecule has 0 saturated heterocycles. The van der Waals surface area contributed by atoms with Gasteiger partial charge in [-0.15, -0.1) is 0 Å². The second kappa shape index (κ2) is 6.72. The summed E-state index contributed by atoms with van der Waals surface area (Å²) < 4.78 is 11.1. The predicted octanol–water partition coefficient (Wildman–Crippen LogP) is 2.51. The molecule has 0 fully saturated rings. The second-order valence-electron chi connectivity index (χ2n) is 6.27. The van der Waals surface area contributed by atoms with Gasteiger partial charge in [-0.3, -0.25) is 4.79 Å². The van der Waals surface area contributed by atoms with Crippen molar-refractivity contribution in [3.8, 4) is 0 Å². The van der Waals surface area contributed by atoms with Crippen molar-refractivity contribution >= 4 is 27.8 Å². The summed E-state index contributed by atoms with van der Waals surface area (Å²) in [5, 5.41) is 13.2. The number of fused-ring (bicyclic) bond motifs is 2. The van der Waals surface area contributed by atoms with Gasteiger partial charge in [-0.25, -0.2) is 4.79 Å². The van der Waals surface area contributed by atoms with Crippen molar-refractivity contribution < 1.29 is 18.7 Å². The van der Waals surface area contributed by atoms with Gasteiger partial charge < -0.3 is 19.3 Å². The molecule has 0 aliphatic heterocycles. The van der Waals surface area contributed by atoms with Crippen molar-refractivity contribution in [1.82, 2.24) is 5.32 Å². The van der Waals surface area contributed by atoms with Crippen LogP contribution in [0.5, 0.6) is 0 Å². The molecular formula is C19H21NO5. The number of rotatable bonds is 5. The number of carbonyl (C=O) groups is 1. The van der Waals surface area contributed by atoms with Gasteiger partial charge in [0.1, 0.15) is 11.2 Å². The maximum Gasteiger partial charge on any atom is 0.340 e. The highest BCUT2D eigenvalue weighted by Crippen LogP contribution is 2.32. The van der Waals surface area contributed by atoms with Crippen LogP contribution >= 0.6 is 0 Å². The Morgan fingerprint density at radius 3 is 2.64 bits per heavy atom. The zero-order valence-electron chi connectivity index (χ0n) is 14.6. The van der Waals surface area contributed by atoms with E-state index in [0.29, 0.717) is 29.7 Å². The Labute approximate surface area is 144 Å². The van der Waals surface area contributed by atoms with E-state index in [-0.39, 0.29) is 18.9 Å². The lowest BCUT2D eigenvalue weighted by Gasteiger charge is -2.10. The molecule has 0 bridgehead atoms. The molecule has 132 valence electrons. The number of carbonyl (C=O) groups excluding carboxylic acids is 1. The van der Waals surface area contributed by atoms with Gasteiger partial charge in [0.25, 0.3) is 0 Å². The van der Waals surface area contributed by atoms with Crippen LogP contribution in [0.3, 0.4) is 0 Å². The molecule has 1 aromatic carbocycles. The molecular weight excluding hydrogens is 322 g/mol. The smallest absolute Gasteiger partial charge is 0.340 e. The Morgan fingerprint density at radius 1 is 1.16 bits per heavy atom. The molecule has 2 N–H and O–H groups in total. The van der Waals surface area contributed by atoms with E-state index in [9.17, 15) is 9.59 Å². The van der Waals surface area contributed by atoms with Crippen molar-refractivity contribution in [3.05, 3.63) is 45.0 Å². The fraction of sp³-hybridized carbons (Fsp3) is 0.368. The average Bonchev–Trinajstić information content (AvgIpc) is 2.95. The quantitative estimate of drug-likeness (QED) is 0.548. The Kier molecular flexibility index (Phi) is 4.63. The Bertz CT molecular complexity index is 1010. The molecule has 6 heteroatoms. The summed E-state index contributed by atoms with van der Waals surface area (Å²) >= 11 is 0. The van der Waals surface area contributed by atoms with Gasteiger partial charge in [0.05, 0.1) is 18.2 Å². The number of hydrogen-bond acceptors (Lipinski definition) is 5. The summed E-state index contributed by atoms with van der Waals surface area (Å²) in [6, 6.07) is 1.95. The fourth-order valence-corrected chi connectivity index (χ4v) is 3.05. The van der Waals surface area contributed by atoms with Crippen molar-refractivity contribution in [1.29, 1.82) is 0 Å². The van der Waals surface area contributed by atoms with Crippen molar-refractivity contribution in [2.45, 2.75) is 33.6 Å². The largest absolute Gasteiger partial charge is 0.464 e. The molecule has 2 heterocycles. The van der Waals surface area contributed by atoms with Crippen molar-refractivity contribution in [2.24, 2.45) is 0 Å². The zero-order chi connectivity index (χ0) is 18.1. The number of benzene rings is 1. The van der Waals surface area contributed by atoms with Crippen LogP contribution in [0, 0.1) is 20.8 Å². The normalized spacial score (nSPS) is 11.4. The first-order chi connectivity index (χ1) is 11.9. The van der Waals surface area contributed by atoms with Crippen LogP contribution in [-0.2, 0) is 11.2 Å². The molecule has 6 nitrogen and oxygen atoms in total. The minimum Gasteiger partial charge on any atom is -0.464 e. The molecule has 0 aliphatic rings. The summed E-state index contributed by atoms with van der Waals surface area (Å²) in [6.45, 7) is 6.03. The molecule has 1 amide bonds. The minimum atomic E-state index is -0.506. The Hall–Kier alpha value is -2.60. The van der Waals surface area contributed by atoms with Crippen LogP contribution in [-0.4, -0.2) is 24.2 Å². The standard InChI is InChI=1S/C19H21NO5/c1-10-9-24-17-12(3)18-14(7-13(10)17)11(2)15(19(23)25-18)8-16(22)20-5-4-6-21/h7,9,21H,4-6,8H2,1-3H3,(H,20,22). The summed E-state index contributed by atoms with van der Waals surface area (Å²) in [7, 11) is 0. The molecule has 0 unspecified atom stereocenters. The molecule has 0 radical (unpaired) electrons. The van der Waals surface area contributed by atoms with Gasteiger partial charge >= 0.3 is 5.63 Å². The van der Waals surface area contributed by atoms with Crippen molar-refractivity contribution in [2.75, 3.05) is 13.2 Å². The number of furan rings is 1.